The van der Waals surface area contributed by atoms with Crippen molar-refractivity contribution in [3.8, 4) is 11.1 Å². The maximum absolute atomic E-state index is 12.3. The van der Waals surface area contributed by atoms with Crippen molar-refractivity contribution in [2.24, 2.45) is 11.7 Å². The van der Waals surface area contributed by atoms with Crippen LogP contribution in [0.5, 0.6) is 0 Å². The summed E-state index contributed by atoms with van der Waals surface area (Å²) in [6.07, 6.45) is 1.29. The van der Waals surface area contributed by atoms with Gasteiger partial charge in [-0.15, -0.1) is 0 Å². The predicted octanol–water partition coefficient (Wildman–Crippen LogP) is 4.99. The number of nitrogens with one attached hydrogen (secondary N) is 1. The Kier molecular flexibility index (Phi) is 7.80. The second-order valence-corrected chi connectivity index (χ2v) is 8.79. The summed E-state index contributed by atoms with van der Waals surface area (Å²) in [5.41, 5.74) is 11.7. The lowest BCUT2D eigenvalue weighted by molar-refractivity contribution is 0.0523. The molecule has 2 aromatic rings. The Morgan fingerprint density at radius 1 is 1.21 bits per heavy atom. The summed E-state index contributed by atoms with van der Waals surface area (Å²) < 4.78 is 5.42. The van der Waals surface area contributed by atoms with Gasteiger partial charge in [0.1, 0.15) is 5.60 Å². The summed E-state index contributed by atoms with van der Waals surface area (Å²) in [4.78, 5) is 17.1. The Morgan fingerprint density at radius 3 is 2.38 bits per heavy atom. The second-order valence-electron chi connectivity index (χ2n) is 8.79. The maximum Gasteiger partial charge on any atom is 0.407 e. The topological polar surface area (TPSA) is 77.2 Å². The molecule has 0 aliphatic rings. The molecule has 1 heterocycles. The lowest BCUT2D eigenvalue weighted by Gasteiger charge is -2.21. The molecule has 0 saturated heterocycles. The fraction of sp³-hybridized carbons (Fsp3) is 0.500. The standard InChI is InChI=1S/C24H35N3O2/c1-7-19-13-20(18-10-8-17(14-25)9-11-18)21(22(27-19)12-16(2)3)15-26-23(28)29-24(4,5)6/h8-11,13,16H,7,12,14-15,25H2,1-6H3,(H,26,28). The number of benzene rings is 1. The van der Waals surface area contributed by atoms with Gasteiger partial charge in [-0.2, -0.15) is 0 Å². The zero-order valence-electron chi connectivity index (χ0n) is 18.6. The molecule has 1 amide bonds. The molecule has 0 bridgehead atoms. The highest BCUT2D eigenvalue weighted by Crippen LogP contribution is 2.29. The van der Waals surface area contributed by atoms with Gasteiger partial charge in [0.15, 0.2) is 0 Å². The van der Waals surface area contributed by atoms with Gasteiger partial charge in [-0.05, 0) is 62.3 Å². The third-order valence-electron chi connectivity index (χ3n) is 4.54. The molecule has 0 radical (unpaired) electrons. The first kappa shape index (κ1) is 22.9. The summed E-state index contributed by atoms with van der Waals surface area (Å²) in [5.74, 6) is 0.461. The van der Waals surface area contributed by atoms with Crippen LogP contribution in [0.15, 0.2) is 30.3 Å². The van der Waals surface area contributed by atoms with Crippen LogP contribution in [0, 0.1) is 5.92 Å². The Morgan fingerprint density at radius 2 is 1.86 bits per heavy atom. The quantitative estimate of drug-likeness (QED) is 0.690. The van der Waals surface area contributed by atoms with Crippen molar-refractivity contribution in [2.45, 2.75) is 73.1 Å². The van der Waals surface area contributed by atoms with E-state index in [4.69, 9.17) is 15.5 Å². The minimum atomic E-state index is -0.532. The van der Waals surface area contributed by atoms with Crippen molar-refractivity contribution in [3.05, 3.63) is 52.8 Å². The molecule has 5 nitrogen and oxygen atoms in total. The van der Waals surface area contributed by atoms with Crippen LogP contribution in [0.25, 0.3) is 11.1 Å². The molecule has 2 rings (SSSR count). The van der Waals surface area contributed by atoms with E-state index in [0.29, 0.717) is 19.0 Å². The number of nitrogens with zero attached hydrogens (tertiary/aromatic N) is 1. The highest BCUT2D eigenvalue weighted by atomic mass is 16.6. The van der Waals surface area contributed by atoms with Gasteiger partial charge in [0.25, 0.3) is 0 Å². The number of hydrogen-bond acceptors (Lipinski definition) is 4. The number of amides is 1. The summed E-state index contributed by atoms with van der Waals surface area (Å²) in [7, 11) is 0. The lowest BCUT2D eigenvalue weighted by atomic mass is 9.93. The van der Waals surface area contributed by atoms with Gasteiger partial charge in [-0.1, -0.05) is 45.0 Å². The zero-order chi connectivity index (χ0) is 21.6. The molecule has 0 saturated carbocycles. The normalized spacial score (nSPS) is 11.6. The molecule has 0 spiro atoms. The van der Waals surface area contributed by atoms with Crippen molar-refractivity contribution in [2.75, 3.05) is 0 Å². The SMILES string of the molecule is CCc1cc(-c2ccc(CN)cc2)c(CNC(=O)OC(C)(C)C)c(CC(C)C)n1. The molecule has 29 heavy (non-hydrogen) atoms. The second kappa shape index (κ2) is 9.88. The summed E-state index contributed by atoms with van der Waals surface area (Å²) in [6, 6.07) is 10.4. The zero-order valence-corrected chi connectivity index (χ0v) is 18.6. The molecule has 1 aromatic heterocycles. The molecule has 0 unspecified atom stereocenters. The maximum atomic E-state index is 12.3. The molecule has 3 N–H and O–H groups in total. The lowest BCUT2D eigenvalue weighted by Crippen LogP contribution is -2.32. The molecule has 0 fully saturated rings. The van der Waals surface area contributed by atoms with Crippen LogP contribution in [-0.4, -0.2) is 16.7 Å². The Hall–Kier alpha value is -2.40. The number of aryl methyl sites for hydroxylation is 1. The van der Waals surface area contributed by atoms with Crippen LogP contribution in [0.2, 0.25) is 0 Å². The molecule has 0 aliphatic heterocycles. The van der Waals surface area contributed by atoms with Gasteiger partial charge in [0.2, 0.25) is 0 Å². The van der Waals surface area contributed by atoms with Crippen molar-refractivity contribution in [1.29, 1.82) is 0 Å². The molecular weight excluding hydrogens is 362 g/mol. The fourth-order valence-corrected chi connectivity index (χ4v) is 3.17. The van der Waals surface area contributed by atoms with Crippen LogP contribution in [-0.2, 0) is 30.7 Å². The van der Waals surface area contributed by atoms with Gasteiger partial charge in [0, 0.05) is 30.0 Å². The van der Waals surface area contributed by atoms with E-state index in [9.17, 15) is 4.79 Å². The number of carbonyl (C=O) groups excluding carboxylic acids is 1. The average Bonchev–Trinajstić information content (AvgIpc) is 2.64. The largest absolute Gasteiger partial charge is 0.444 e. The highest BCUT2D eigenvalue weighted by Gasteiger charge is 2.19. The molecule has 1 aromatic carbocycles. The van der Waals surface area contributed by atoms with Gasteiger partial charge in [0.05, 0.1) is 0 Å². The highest BCUT2D eigenvalue weighted by molar-refractivity contribution is 5.71. The number of alkyl carbamates (subject to hydrolysis) is 1. The molecule has 158 valence electrons. The average molecular weight is 398 g/mol. The summed E-state index contributed by atoms with van der Waals surface area (Å²) >= 11 is 0. The molecule has 0 atom stereocenters. The number of hydrogen-bond donors (Lipinski definition) is 2. The first-order valence-electron chi connectivity index (χ1n) is 10.4. The van der Waals surface area contributed by atoms with Crippen molar-refractivity contribution < 1.29 is 9.53 Å². The monoisotopic (exact) mass is 397 g/mol. The van der Waals surface area contributed by atoms with Crippen LogP contribution in [0.1, 0.15) is 64.1 Å². The van der Waals surface area contributed by atoms with Crippen LogP contribution in [0.3, 0.4) is 0 Å². The molecular formula is C24H35N3O2. The van der Waals surface area contributed by atoms with Gasteiger partial charge < -0.3 is 15.8 Å². The Labute approximate surface area is 175 Å². The number of aromatic nitrogens is 1. The molecule has 0 aliphatic carbocycles. The van der Waals surface area contributed by atoms with E-state index in [1.54, 1.807) is 0 Å². The minimum Gasteiger partial charge on any atom is -0.444 e. The van der Waals surface area contributed by atoms with E-state index < -0.39 is 11.7 Å². The summed E-state index contributed by atoms with van der Waals surface area (Å²) in [5, 5.41) is 2.92. The van der Waals surface area contributed by atoms with Gasteiger partial charge in [-0.25, -0.2) is 4.79 Å². The minimum absolute atomic E-state index is 0.377. The third-order valence-corrected chi connectivity index (χ3v) is 4.54. The van der Waals surface area contributed by atoms with Crippen molar-refractivity contribution in [3.63, 3.8) is 0 Å². The molecule has 5 heteroatoms. The van der Waals surface area contributed by atoms with E-state index in [1.165, 1.54) is 0 Å². The van der Waals surface area contributed by atoms with Crippen molar-refractivity contribution >= 4 is 6.09 Å². The van der Waals surface area contributed by atoms with Crippen LogP contribution >= 0.6 is 0 Å². The number of pyridine rings is 1. The first-order valence-corrected chi connectivity index (χ1v) is 10.4. The van der Waals surface area contributed by atoms with Crippen LogP contribution < -0.4 is 11.1 Å². The van der Waals surface area contributed by atoms with Gasteiger partial charge in [-0.3, -0.25) is 4.98 Å². The number of nitrogens with two attached hydrogens (primary N) is 1. The smallest absolute Gasteiger partial charge is 0.407 e. The van der Waals surface area contributed by atoms with E-state index in [2.05, 4.69) is 56.4 Å². The van der Waals surface area contributed by atoms with E-state index in [-0.39, 0.29) is 0 Å². The predicted molar refractivity (Wildman–Crippen MR) is 119 cm³/mol. The number of ether oxygens (including phenoxy) is 1. The van der Waals surface area contributed by atoms with Gasteiger partial charge >= 0.3 is 6.09 Å². The van der Waals surface area contributed by atoms with E-state index in [1.807, 2.05) is 20.8 Å². The Balaban J connectivity index is 2.46. The van der Waals surface area contributed by atoms with E-state index in [0.717, 1.165) is 46.5 Å². The number of carbonyl (C=O) groups is 1. The first-order chi connectivity index (χ1) is 13.6. The number of rotatable bonds is 7. The van der Waals surface area contributed by atoms with Crippen molar-refractivity contribution in [1.82, 2.24) is 10.3 Å². The van der Waals surface area contributed by atoms with E-state index >= 15 is 0 Å². The fourth-order valence-electron chi connectivity index (χ4n) is 3.17. The Bertz CT molecular complexity index is 821. The third kappa shape index (κ3) is 6.86. The van der Waals surface area contributed by atoms with Crippen LogP contribution in [0.4, 0.5) is 4.79 Å². The summed E-state index contributed by atoms with van der Waals surface area (Å²) in [6.45, 7) is 12.9.